The van der Waals surface area contributed by atoms with Gasteiger partial charge >= 0.3 is 0 Å². The largest absolute Gasteiger partial charge is 0.341 e. The van der Waals surface area contributed by atoms with E-state index >= 15 is 0 Å². The zero-order valence-electron chi connectivity index (χ0n) is 73.0. The Bertz CT molecular complexity index is 6040. The summed E-state index contributed by atoms with van der Waals surface area (Å²) < 4.78 is 24.9. The van der Waals surface area contributed by atoms with Gasteiger partial charge in [-0.1, -0.05) is 124 Å². The number of anilines is 12. The maximum atomic E-state index is 13.0. The van der Waals surface area contributed by atoms with Gasteiger partial charge in [-0.3, -0.25) is 89.9 Å². The molecule has 42 nitrogen and oxygen atoms in total. The lowest BCUT2D eigenvalue weighted by Crippen LogP contribution is -2.48. The van der Waals surface area contributed by atoms with Crippen molar-refractivity contribution >= 4 is 229 Å². The second-order valence-electron chi connectivity index (χ2n) is 35.2. The fourth-order valence-electron chi connectivity index (χ4n) is 20.8. The molecule has 13 N–H and O–H groups in total. The van der Waals surface area contributed by atoms with E-state index in [1.807, 2.05) is 0 Å². The predicted molar refractivity (Wildman–Crippen MR) is 523 cm³/mol. The standard InChI is InChI=1S/C15H15ClN4O2S.C14H15ClN6O2.4C14H14ClN5O2S/c16-9-6-10(18-11-7-17-8-23-11)14(22)20-12(9)13(21)19-15(20)4-2-1-3-5-15;15-8-6-9(18-13-16-7-17-20-13)12(23)21-10(8)11(22)19-14(21)4-2-1-3-5-14;15-8-6-9(17-13-19-16-7-23-13)12(22)20-10(8)11(21)18-14(20)4-2-1-3-5-14;15-8-6-9(18-13-16-7-17-23-13)12(22)20-10(8)11(21)19-14(20)4-2-1-3-5-14;15-8-6-9(17-10-7-16-19-23-10)13(22)20-11(8)12(21)18-14(20)4-2-1-3-5-14;15-8-6-9(17-10-7-16-23-19-10)13(22)20-11(8)12(21)18-14(20)4-2-1-3-5-14/h6-8,18H,1-5H2,(H,19,21);6-7H,1-5H2,(H,19,22)(H2,16,17,18,20);6-7H,1-5H2,(H,17,19)(H,18,21);6-7H,1-5H2,(H,19,21)(H,16,17,18);6-7,17H,1-5H2,(H,18,21);6-7H,1-5H2,(H,17,19)(H,18,21). The molecule has 0 saturated heterocycles. The molecule has 720 valence electrons. The van der Waals surface area contributed by atoms with Gasteiger partial charge in [-0.25, -0.2) is 10.1 Å². The second kappa shape index (κ2) is 39.0. The Labute approximate surface area is 832 Å². The summed E-state index contributed by atoms with van der Waals surface area (Å²) >= 11 is 43.8. The molecule has 0 unspecified atom stereocenters. The van der Waals surface area contributed by atoms with E-state index in [4.69, 9.17) is 69.6 Å². The van der Waals surface area contributed by atoms with Crippen molar-refractivity contribution in [3.63, 3.8) is 0 Å². The molecule has 6 saturated carbocycles. The molecule has 24 rings (SSSR count). The summed E-state index contributed by atoms with van der Waals surface area (Å²) in [6.07, 6.45) is 34.7. The van der Waals surface area contributed by atoms with Crippen LogP contribution >= 0.6 is 127 Å². The Morgan fingerprint density at radius 2 is 0.652 bits per heavy atom. The van der Waals surface area contributed by atoms with Gasteiger partial charge in [-0.15, -0.1) is 26.6 Å². The average molecular weight is 2090 g/mol. The molecular formula is C85H86Cl6N30O12S5. The van der Waals surface area contributed by atoms with Gasteiger partial charge in [0.2, 0.25) is 16.2 Å². The number of fused-ring (bicyclic) bond motifs is 12. The summed E-state index contributed by atoms with van der Waals surface area (Å²) in [6, 6.07) is 8.93. The fraction of sp³-hybridized carbons (Fsp3) is 0.424. The Morgan fingerprint density at radius 3 is 0.935 bits per heavy atom. The molecule has 6 aliphatic carbocycles. The van der Waals surface area contributed by atoms with Gasteiger partial charge in [-0.05, 0) is 190 Å². The van der Waals surface area contributed by atoms with Crippen LogP contribution in [-0.2, 0) is 34.0 Å². The molecule has 6 spiro atoms. The lowest BCUT2D eigenvalue weighted by atomic mass is 9.89. The number of H-pyrrole nitrogens is 1. The first-order chi connectivity index (χ1) is 66.6. The minimum absolute atomic E-state index is 0.224. The van der Waals surface area contributed by atoms with Crippen LogP contribution in [0.1, 0.15) is 256 Å². The van der Waals surface area contributed by atoms with Gasteiger partial charge < -0.3 is 63.8 Å². The number of amides is 6. The van der Waals surface area contributed by atoms with Gasteiger partial charge in [0, 0.05) is 23.1 Å². The Balaban J connectivity index is 0.000000106. The molecule has 12 aliphatic rings. The quantitative estimate of drug-likeness (QED) is 0.0540. The number of aromatic amines is 1. The summed E-state index contributed by atoms with van der Waals surface area (Å²) in [7, 11) is 0. The lowest BCUT2D eigenvalue weighted by Gasteiger charge is -2.35. The van der Waals surface area contributed by atoms with Gasteiger partial charge in [0.15, 0.2) is 5.82 Å². The number of aromatic nitrogens is 18. The Hall–Kier alpha value is -11.9. The number of thiazole rings is 1. The molecule has 6 fully saturated rings. The number of carbonyl (C=O) groups excluding carboxylic acids is 6. The number of rotatable bonds is 12. The second-order valence-corrected chi connectivity index (χ2v) is 41.4. The van der Waals surface area contributed by atoms with Gasteiger partial charge in [0.1, 0.15) is 130 Å². The van der Waals surface area contributed by atoms with Crippen LogP contribution in [0.3, 0.4) is 0 Å². The number of pyridine rings is 6. The van der Waals surface area contributed by atoms with Crippen LogP contribution in [0, 0.1) is 0 Å². The highest BCUT2D eigenvalue weighted by molar-refractivity contribution is 7.14. The highest BCUT2D eigenvalue weighted by Crippen LogP contribution is 2.47. The monoisotopic (exact) mass is 2090 g/mol. The van der Waals surface area contributed by atoms with Crippen molar-refractivity contribution in [1.29, 1.82) is 0 Å². The highest BCUT2D eigenvalue weighted by atomic mass is 35.5. The van der Waals surface area contributed by atoms with Crippen molar-refractivity contribution in [3.05, 3.63) is 205 Å². The van der Waals surface area contributed by atoms with Gasteiger partial charge in [-0.2, -0.15) is 23.2 Å². The van der Waals surface area contributed by atoms with Crippen molar-refractivity contribution in [3.8, 4) is 0 Å². The van der Waals surface area contributed by atoms with Crippen LogP contribution in [0.2, 0.25) is 30.1 Å². The van der Waals surface area contributed by atoms with E-state index in [-0.39, 0.29) is 139 Å². The maximum Gasteiger partial charge on any atom is 0.276 e. The molecule has 53 heteroatoms. The topological polar surface area (TPSA) is 536 Å². The van der Waals surface area contributed by atoms with Crippen molar-refractivity contribution in [2.45, 2.75) is 227 Å². The molecule has 0 aromatic carbocycles. The molecule has 138 heavy (non-hydrogen) atoms. The van der Waals surface area contributed by atoms with Crippen molar-refractivity contribution < 1.29 is 28.8 Å². The summed E-state index contributed by atoms with van der Waals surface area (Å²) in [5.74, 6) is -0.852. The molecule has 0 bridgehead atoms. The van der Waals surface area contributed by atoms with E-state index in [0.717, 1.165) is 232 Å². The van der Waals surface area contributed by atoms with Crippen LogP contribution in [0.5, 0.6) is 0 Å². The first-order valence-electron chi connectivity index (χ1n) is 44.8. The first-order valence-corrected chi connectivity index (χ1v) is 51.1. The number of halogens is 6. The van der Waals surface area contributed by atoms with E-state index in [2.05, 4.69) is 122 Å². The Morgan fingerprint density at radius 1 is 0.319 bits per heavy atom. The van der Waals surface area contributed by atoms with E-state index in [0.29, 0.717) is 55.5 Å². The summed E-state index contributed by atoms with van der Waals surface area (Å²) in [6.45, 7) is 0. The maximum absolute atomic E-state index is 13.0. The third-order valence-electron chi connectivity index (χ3n) is 26.8. The zero-order valence-corrected chi connectivity index (χ0v) is 81.6. The van der Waals surface area contributed by atoms with E-state index in [1.54, 1.807) is 40.1 Å². The minimum Gasteiger partial charge on any atom is -0.341 e. The van der Waals surface area contributed by atoms with Crippen LogP contribution in [0.4, 0.5) is 66.2 Å². The fourth-order valence-corrected chi connectivity index (χ4v) is 24.7. The molecule has 12 aromatic heterocycles. The molecule has 0 radical (unpaired) electrons. The van der Waals surface area contributed by atoms with Gasteiger partial charge in [0.25, 0.3) is 68.8 Å². The number of hydrogen-bond donors (Lipinski definition) is 13. The number of nitrogens with one attached hydrogen (secondary N) is 13. The zero-order chi connectivity index (χ0) is 96.2. The third kappa shape index (κ3) is 17.9. The van der Waals surface area contributed by atoms with Crippen molar-refractivity contribution in [2.24, 2.45) is 0 Å². The first kappa shape index (κ1) is 95.0. The molecule has 6 aliphatic heterocycles. The number of nitrogens with zero attached hydrogens (tertiary/aromatic N) is 17. The SMILES string of the molecule is O=C1NC2(CCCCC2)n2c1c(Cl)cc(Nc1cncs1)c2=O.O=C1NC2(CCCCC2)n2c1c(Cl)cc(Nc1cnns1)c2=O.O=C1NC2(CCCCC2)n2c1c(Cl)cc(Nc1cnsn1)c2=O.O=C1NC2(CCCCC2)n2c1c(Cl)cc(Nc1ncn[nH]1)c2=O.O=C1NC2(CCCCC2)n2c1c(Cl)cc(Nc1ncns1)c2=O.O=C1NC2(CCCCC2)n2c1c(Cl)cc(Nc1nncs1)c2=O. The number of hydrogen-bond acceptors (Lipinski definition) is 34. The molecular weight excluding hydrogens is 2010 g/mol. The molecule has 0 atom stereocenters. The molecule has 18 heterocycles. The van der Waals surface area contributed by atoms with Crippen LogP contribution in [0.15, 0.2) is 107 Å². The average Bonchev–Trinajstić information content (AvgIpc) is 1.60. The van der Waals surface area contributed by atoms with Crippen molar-refractivity contribution in [2.75, 3.05) is 31.9 Å². The van der Waals surface area contributed by atoms with Crippen molar-refractivity contribution in [1.82, 2.24) is 117 Å². The van der Waals surface area contributed by atoms with Gasteiger partial charge in [0.05, 0.1) is 66.0 Å². The Kier molecular flexibility index (Phi) is 26.9. The summed E-state index contributed by atoms with van der Waals surface area (Å²) in [4.78, 5) is 164. The minimum atomic E-state index is -0.662. The summed E-state index contributed by atoms with van der Waals surface area (Å²) in [5.41, 5.74) is 1.19. The highest BCUT2D eigenvalue weighted by Gasteiger charge is 2.53. The third-order valence-corrected chi connectivity index (χ3v) is 31.4. The van der Waals surface area contributed by atoms with Crippen LogP contribution in [0.25, 0.3) is 0 Å². The van der Waals surface area contributed by atoms with Crippen LogP contribution in [-0.4, -0.2) is 121 Å². The molecule has 12 aromatic rings. The smallest absolute Gasteiger partial charge is 0.276 e. The van der Waals surface area contributed by atoms with E-state index < -0.39 is 34.0 Å². The van der Waals surface area contributed by atoms with Crippen LogP contribution < -0.4 is 97.2 Å². The normalized spacial score (nSPS) is 18.7. The van der Waals surface area contributed by atoms with E-state index in [1.165, 1.54) is 88.7 Å². The lowest BCUT2D eigenvalue weighted by molar-refractivity contribution is 0.0867. The summed E-state index contributed by atoms with van der Waals surface area (Å²) in [5, 5.41) is 57.4. The predicted octanol–water partition coefficient (Wildman–Crippen LogP) is 14.6. The molecule has 6 amide bonds. The number of carbonyl (C=O) groups is 6. The van der Waals surface area contributed by atoms with E-state index in [9.17, 15) is 57.5 Å².